The molecule has 1 atom stereocenters. The van der Waals surface area contributed by atoms with E-state index in [9.17, 15) is 24.0 Å². The molecule has 0 radical (unpaired) electrons. The minimum Gasteiger partial charge on any atom is -0.444 e. The number of unbranched alkanes of at least 4 members (excludes halogenated alkanes) is 1. The summed E-state index contributed by atoms with van der Waals surface area (Å²) in [7, 11) is 0. The summed E-state index contributed by atoms with van der Waals surface area (Å²) < 4.78 is 5.62. The first-order valence-corrected chi connectivity index (χ1v) is 15.3. The van der Waals surface area contributed by atoms with Crippen LogP contribution in [0.4, 0.5) is 10.5 Å². The zero-order valence-corrected chi connectivity index (χ0v) is 25.7. The Bertz CT molecular complexity index is 1310. The molecule has 3 aliphatic heterocycles. The summed E-state index contributed by atoms with van der Waals surface area (Å²) in [6.07, 6.45) is 2.99. The molecule has 0 bridgehead atoms. The highest BCUT2D eigenvalue weighted by atomic mass is 16.6. The zero-order chi connectivity index (χ0) is 31.9. The largest absolute Gasteiger partial charge is 0.444 e. The molecule has 0 spiro atoms. The van der Waals surface area contributed by atoms with Crippen LogP contribution in [-0.4, -0.2) is 94.8 Å². The molecule has 4 rings (SSSR count). The fraction of sp³-hybridized carbons (Fsp3) is 0.633. The van der Waals surface area contributed by atoms with Gasteiger partial charge in [0.15, 0.2) is 0 Å². The van der Waals surface area contributed by atoms with Gasteiger partial charge in [-0.2, -0.15) is 0 Å². The molecule has 1 aromatic rings. The van der Waals surface area contributed by atoms with Gasteiger partial charge in [-0.1, -0.05) is 11.2 Å². The topological polar surface area (TPSA) is 177 Å². The smallest absolute Gasteiger partial charge is 0.410 e. The van der Waals surface area contributed by atoms with Crippen molar-refractivity contribution in [3.05, 3.63) is 39.8 Å². The molecule has 1 aromatic carbocycles. The molecule has 44 heavy (non-hydrogen) atoms. The Balaban J connectivity index is 1.27. The molecule has 0 aromatic heterocycles. The van der Waals surface area contributed by atoms with Gasteiger partial charge in [0.25, 0.3) is 5.91 Å². The summed E-state index contributed by atoms with van der Waals surface area (Å²) in [5.41, 5.74) is 9.64. The van der Waals surface area contributed by atoms with E-state index in [-0.39, 0.29) is 49.6 Å². The summed E-state index contributed by atoms with van der Waals surface area (Å²) in [6.45, 7) is 8.85. The van der Waals surface area contributed by atoms with Gasteiger partial charge >= 0.3 is 6.09 Å². The quantitative estimate of drug-likeness (QED) is 0.126. The van der Waals surface area contributed by atoms with Crippen LogP contribution in [0.3, 0.4) is 0 Å². The van der Waals surface area contributed by atoms with Gasteiger partial charge in [0, 0.05) is 66.8 Å². The normalized spacial score (nSPS) is 19.2. The molecular formula is C30H42N8O6. The number of rotatable bonds is 11. The van der Waals surface area contributed by atoms with Crippen molar-refractivity contribution in [3.63, 3.8) is 0 Å². The fourth-order valence-corrected chi connectivity index (χ4v) is 5.72. The lowest BCUT2D eigenvalue weighted by atomic mass is 10.0. The highest BCUT2D eigenvalue weighted by molar-refractivity contribution is 6.06. The third-order valence-corrected chi connectivity index (χ3v) is 8.05. The molecule has 2 N–H and O–H groups in total. The predicted octanol–water partition coefficient (Wildman–Crippen LogP) is 3.57. The van der Waals surface area contributed by atoms with Crippen LogP contribution < -0.4 is 10.6 Å². The van der Waals surface area contributed by atoms with Crippen LogP contribution in [0.15, 0.2) is 23.3 Å². The highest BCUT2D eigenvalue weighted by Crippen LogP contribution is 2.32. The Morgan fingerprint density at radius 1 is 1.14 bits per heavy atom. The van der Waals surface area contributed by atoms with Gasteiger partial charge in [-0.05, 0) is 83.6 Å². The Hall–Kier alpha value is -4.16. The van der Waals surface area contributed by atoms with Crippen LogP contribution in [0.5, 0.6) is 0 Å². The number of anilines is 1. The van der Waals surface area contributed by atoms with Crippen LogP contribution in [0.1, 0.15) is 81.6 Å². The first-order valence-electron chi connectivity index (χ1n) is 15.3. The van der Waals surface area contributed by atoms with Crippen molar-refractivity contribution < 1.29 is 28.7 Å². The second-order valence-electron chi connectivity index (χ2n) is 12.5. The molecule has 5 amide bonds. The third kappa shape index (κ3) is 8.70. The second-order valence-corrected chi connectivity index (χ2v) is 12.5. The molecule has 0 saturated carbocycles. The van der Waals surface area contributed by atoms with Crippen molar-refractivity contribution in [3.8, 4) is 0 Å². The maximum atomic E-state index is 13.1. The summed E-state index contributed by atoms with van der Waals surface area (Å²) in [5, 5.41) is 9.02. The fourth-order valence-electron chi connectivity index (χ4n) is 5.72. The number of carbonyl (C=O) groups is 5. The van der Waals surface area contributed by atoms with Crippen molar-refractivity contribution in [1.29, 1.82) is 0 Å². The van der Waals surface area contributed by atoms with Gasteiger partial charge in [-0.15, -0.1) is 0 Å². The molecule has 14 nitrogen and oxygen atoms in total. The molecule has 0 aliphatic carbocycles. The number of carbonyl (C=O) groups excluding carboxylic acids is 5. The lowest BCUT2D eigenvalue weighted by Crippen LogP contribution is -2.52. The number of azide groups is 1. The van der Waals surface area contributed by atoms with Gasteiger partial charge in [-0.25, -0.2) is 4.79 Å². The molecule has 1 unspecified atom stereocenters. The van der Waals surface area contributed by atoms with Crippen molar-refractivity contribution in [1.82, 2.24) is 20.0 Å². The standard InChI is InChI=1S/C30H42N8O6/c1-30(2,3)44-29(43)37(18-17-36-15-12-20(13-16-36)34-35-31)14-5-4-9-25(39)32-23-8-6-7-21-22(23)19-38(28(21)42)24-10-11-26(40)33-27(24)41/h6-8,20,24H,4-5,9-19H2,1-3H3,(H,32,39)(H,33,40,41). The first-order chi connectivity index (χ1) is 20.9. The van der Waals surface area contributed by atoms with E-state index in [1.165, 1.54) is 4.90 Å². The maximum Gasteiger partial charge on any atom is 0.410 e. The average Bonchev–Trinajstić information content (AvgIpc) is 3.29. The Kier molecular flexibility index (Phi) is 10.8. The number of fused-ring (bicyclic) bond motifs is 1. The maximum absolute atomic E-state index is 13.1. The Morgan fingerprint density at radius 3 is 2.57 bits per heavy atom. The molecule has 238 valence electrons. The number of imide groups is 1. The number of amides is 5. The van der Waals surface area contributed by atoms with Gasteiger partial charge in [-0.3, -0.25) is 24.5 Å². The van der Waals surface area contributed by atoms with Crippen LogP contribution in [0.25, 0.3) is 10.4 Å². The third-order valence-electron chi connectivity index (χ3n) is 8.05. The minimum atomic E-state index is -0.728. The lowest BCUT2D eigenvalue weighted by molar-refractivity contribution is -0.137. The Morgan fingerprint density at radius 2 is 1.89 bits per heavy atom. The number of hydrogen-bond acceptors (Lipinski definition) is 8. The number of nitrogens with one attached hydrogen (secondary N) is 2. The van der Waals surface area contributed by atoms with Crippen molar-refractivity contribution in [2.45, 2.75) is 89.9 Å². The number of piperidine rings is 2. The summed E-state index contributed by atoms with van der Waals surface area (Å²) in [5.74, 6) is -1.34. The zero-order valence-electron chi connectivity index (χ0n) is 25.7. The van der Waals surface area contributed by atoms with E-state index >= 15 is 0 Å². The molecule has 3 aliphatic rings. The van der Waals surface area contributed by atoms with Gasteiger partial charge in [0.05, 0.1) is 0 Å². The van der Waals surface area contributed by atoms with Crippen molar-refractivity contribution in [2.24, 2.45) is 5.11 Å². The number of likely N-dealkylation sites (tertiary alicyclic amines) is 1. The SMILES string of the molecule is CC(C)(C)OC(=O)N(CCCCC(=O)Nc1cccc2c1CN(C1CCC(=O)NC1=O)C2=O)CCN1CCC(N=[N+]=[N-])CC1. The van der Waals surface area contributed by atoms with Gasteiger partial charge in [0.1, 0.15) is 11.6 Å². The highest BCUT2D eigenvalue weighted by Gasteiger charge is 2.40. The van der Waals surface area contributed by atoms with E-state index < -0.39 is 23.6 Å². The summed E-state index contributed by atoms with van der Waals surface area (Å²) >= 11 is 0. The van der Waals surface area contributed by atoms with E-state index in [1.54, 1.807) is 23.1 Å². The Labute approximate surface area is 257 Å². The number of nitrogens with zero attached hydrogens (tertiary/aromatic N) is 6. The van der Waals surface area contributed by atoms with E-state index in [1.807, 2.05) is 20.8 Å². The van der Waals surface area contributed by atoms with Crippen LogP contribution >= 0.6 is 0 Å². The van der Waals surface area contributed by atoms with Crippen LogP contribution in [0.2, 0.25) is 0 Å². The molecule has 2 saturated heterocycles. The molecule has 3 heterocycles. The number of hydrogen-bond donors (Lipinski definition) is 2. The monoisotopic (exact) mass is 610 g/mol. The van der Waals surface area contributed by atoms with E-state index in [4.69, 9.17) is 10.3 Å². The van der Waals surface area contributed by atoms with Crippen molar-refractivity contribution in [2.75, 3.05) is 38.0 Å². The van der Waals surface area contributed by atoms with Crippen molar-refractivity contribution >= 4 is 35.4 Å². The van der Waals surface area contributed by atoms with Gasteiger partial charge < -0.3 is 24.8 Å². The second kappa shape index (κ2) is 14.5. The van der Waals surface area contributed by atoms with Crippen LogP contribution in [-0.2, 0) is 25.7 Å². The number of benzene rings is 1. The van der Waals surface area contributed by atoms with E-state index in [2.05, 4.69) is 25.6 Å². The molecular weight excluding hydrogens is 568 g/mol. The van der Waals surface area contributed by atoms with Gasteiger partial charge in [0.2, 0.25) is 17.7 Å². The lowest BCUT2D eigenvalue weighted by Gasteiger charge is -2.33. The minimum absolute atomic E-state index is 0.0195. The summed E-state index contributed by atoms with van der Waals surface area (Å²) in [4.78, 5) is 71.1. The molecule has 2 fully saturated rings. The number of ether oxygens (including phenoxy) is 1. The van der Waals surface area contributed by atoms with E-state index in [0.29, 0.717) is 49.3 Å². The first kappa shape index (κ1) is 32.7. The van der Waals surface area contributed by atoms with Crippen LogP contribution in [0, 0.1) is 0 Å². The predicted molar refractivity (Wildman–Crippen MR) is 161 cm³/mol. The molecule has 14 heteroatoms. The average molecular weight is 611 g/mol. The summed E-state index contributed by atoms with van der Waals surface area (Å²) in [6, 6.07) is 4.39. The van der Waals surface area contributed by atoms with E-state index in [0.717, 1.165) is 25.9 Å².